The molecular formula is C22H30N4O4S. The Morgan fingerprint density at radius 1 is 1.29 bits per heavy atom. The van der Waals surface area contributed by atoms with Gasteiger partial charge in [-0.3, -0.25) is 14.4 Å². The van der Waals surface area contributed by atoms with E-state index in [0.29, 0.717) is 30.4 Å². The van der Waals surface area contributed by atoms with Gasteiger partial charge in [-0.05, 0) is 36.6 Å². The number of fused-ring (bicyclic) bond motifs is 1. The van der Waals surface area contributed by atoms with Gasteiger partial charge in [0.1, 0.15) is 24.4 Å². The third kappa shape index (κ3) is 5.10. The topological polar surface area (TPSA) is 108 Å². The fraction of sp³-hybridized carbons (Fsp3) is 0.545. The lowest BCUT2D eigenvalue weighted by molar-refractivity contribution is -0.144. The van der Waals surface area contributed by atoms with Crippen molar-refractivity contribution in [1.29, 1.82) is 0 Å². The van der Waals surface area contributed by atoms with Crippen LogP contribution in [0.25, 0.3) is 0 Å². The summed E-state index contributed by atoms with van der Waals surface area (Å²) in [6.07, 6.45) is 1.88. The van der Waals surface area contributed by atoms with Crippen molar-refractivity contribution in [3.63, 3.8) is 0 Å². The average molecular weight is 447 g/mol. The van der Waals surface area contributed by atoms with Crippen LogP contribution in [0.15, 0.2) is 30.3 Å². The molecule has 8 nitrogen and oxygen atoms in total. The number of benzene rings is 1. The molecule has 9 heteroatoms. The standard InChI is InChI=1S/C22H30N4O4S/c1-22(2)11-18-26(21(30)15(9-10-31-18)24-17(28)12-23-3)19(22)20(29)25-16(13-27)14-7-5-4-6-8-14/h4-8,13,15-16,18-19,23H,9-12H2,1-3H3,(H,24,28)(H,25,29). The molecule has 3 amide bonds. The van der Waals surface area contributed by atoms with Gasteiger partial charge < -0.3 is 25.6 Å². The van der Waals surface area contributed by atoms with E-state index in [4.69, 9.17) is 0 Å². The van der Waals surface area contributed by atoms with Crippen molar-refractivity contribution in [1.82, 2.24) is 20.9 Å². The van der Waals surface area contributed by atoms with E-state index < -0.39 is 23.5 Å². The third-order valence-electron chi connectivity index (χ3n) is 5.81. The lowest BCUT2D eigenvalue weighted by atomic mass is 9.84. The van der Waals surface area contributed by atoms with Crippen LogP contribution in [-0.4, -0.2) is 65.7 Å². The van der Waals surface area contributed by atoms with Crippen molar-refractivity contribution >= 4 is 35.8 Å². The van der Waals surface area contributed by atoms with Crippen molar-refractivity contribution in [3.05, 3.63) is 35.9 Å². The van der Waals surface area contributed by atoms with Crippen molar-refractivity contribution in [2.45, 2.75) is 50.2 Å². The zero-order chi connectivity index (χ0) is 22.6. The van der Waals surface area contributed by atoms with Crippen molar-refractivity contribution < 1.29 is 19.2 Å². The van der Waals surface area contributed by atoms with Crippen LogP contribution in [0.3, 0.4) is 0 Å². The van der Waals surface area contributed by atoms with Crippen LogP contribution >= 0.6 is 11.8 Å². The first-order valence-electron chi connectivity index (χ1n) is 10.5. The first-order valence-corrected chi connectivity index (χ1v) is 11.5. The van der Waals surface area contributed by atoms with E-state index in [1.807, 2.05) is 19.9 Å². The molecule has 1 aromatic carbocycles. The maximum absolute atomic E-state index is 13.4. The van der Waals surface area contributed by atoms with Crippen LogP contribution in [-0.2, 0) is 19.2 Å². The molecule has 0 aliphatic carbocycles. The summed E-state index contributed by atoms with van der Waals surface area (Å²) < 4.78 is 0. The largest absolute Gasteiger partial charge is 0.343 e. The van der Waals surface area contributed by atoms with Crippen LogP contribution in [0, 0.1) is 5.41 Å². The molecule has 1 aromatic rings. The molecule has 0 saturated carbocycles. The minimum Gasteiger partial charge on any atom is -0.343 e. The maximum Gasteiger partial charge on any atom is 0.246 e. The SMILES string of the molecule is CNCC(=O)NC1CCSC2CC(C)(C)C(C(=O)NC(C=O)c3ccccc3)N2C1=O. The van der Waals surface area contributed by atoms with E-state index in [9.17, 15) is 19.2 Å². The van der Waals surface area contributed by atoms with E-state index in [1.54, 1.807) is 48.0 Å². The zero-order valence-corrected chi connectivity index (χ0v) is 18.9. The number of aldehydes is 1. The Bertz CT molecular complexity index is 832. The van der Waals surface area contributed by atoms with Gasteiger partial charge in [-0.25, -0.2) is 0 Å². The van der Waals surface area contributed by atoms with Crippen molar-refractivity contribution in [3.8, 4) is 0 Å². The van der Waals surface area contributed by atoms with Crippen LogP contribution in [0.1, 0.15) is 38.3 Å². The summed E-state index contributed by atoms with van der Waals surface area (Å²) in [5.74, 6) is -0.144. The first-order chi connectivity index (χ1) is 14.8. The molecule has 2 saturated heterocycles. The molecule has 2 aliphatic rings. The predicted octanol–water partition coefficient (Wildman–Crippen LogP) is 0.837. The molecule has 31 heavy (non-hydrogen) atoms. The highest BCUT2D eigenvalue weighted by molar-refractivity contribution is 7.99. The second-order valence-electron chi connectivity index (χ2n) is 8.64. The number of hydrogen-bond acceptors (Lipinski definition) is 6. The fourth-order valence-corrected chi connectivity index (χ4v) is 5.92. The van der Waals surface area contributed by atoms with E-state index in [2.05, 4.69) is 16.0 Å². The summed E-state index contributed by atoms with van der Waals surface area (Å²) in [4.78, 5) is 52.2. The normalized spacial score (nSPS) is 25.8. The Morgan fingerprint density at radius 2 is 2.00 bits per heavy atom. The Labute approximate surface area is 186 Å². The number of hydrogen-bond donors (Lipinski definition) is 3. The highest BCUT2D eigenvalue weighted by Gasteiger charge is 2.54. The first kappa shape index (κ1) is 23.3. The van der Waals surface area contributed by atoms with Gasteiger partial charge in [-0.2, -0.15) is 0 Å². The van der Waals surface area contributed by atoms with Crippen LogP contribution in [0.5, 0.6) is 0 Å². The summed E-state index contributed by atoms with van der Waals surface area (Å²) in [6.45, 7) is 4.05. The second-order valence-corrected chi connectivity index (χ2v) is 9.92. The lowest BCUT2D eigenvalue weighted by Crippen LogP contribution is -2.57. The Hall–Kier alpha value is -2.39. The third-order valence-corrected chi connectivity index (χ3v) is 7.06. The fourth-order valence-electron chi connectivity index (χ4n) is 4.35. The molecule has 168 valence electrons. The number of nitrogens with one attached hydrogen (secondary N) is 3. The molecule has 0 aromatic heterocycles. The molecule has 2 aliphatic heterocycles. The summed E-state index contributed by atoms with van der Waals surface area (Å²) >= 11 is 1.64. The van der Waals surface area contributed by atoms with Crippen molar-refractivity contribution in [2.24, 2.45) is 5.41 Å². The number of nitrogens with zero attached hydrogens (tertiary/aromatic N) is 1. The van der Waals surface area contributed by atoms with Gasteiger partial charge in [0.25, 0.3) is 0 Å². The maximum atomic E-state index is 13.4. The Balaban J connectivity index is 1.83. The van der Waals surface area contributed by atoms with Crippen LogP contribution in [0.2, 0.25) is 0 Å². The molecular weight excluding hydrogens is 416 g/mol. The van der Waals surface area contributed by atoms with Crippen LogP contribution < -0.4 is 16.0 Å². The van der Waals surface area contributed by atoms with Gasteiger partial charge in [0.15, 0.2) is 0 Å². The van der Waals surface area contributed by atoms with Gasteiger partial charge in [-0.15, -0.1) is 11.8 Å². The zero-order valence-electron chi connectivity index (χ0n) is 18.1. The average Bonchev–Trinajstić information content (AvgIpc) is 2.93. The highest BCUT2D eigenvalue weighted by Crippen LogP contribution is 2.46. The molecule has 0 radical (unpaired) electrons. The quantitative estimate of drug-likeness (QED) is 0.536. The van der Waals surface area contributed by atoms with E-state index in [1.165, 1.54) is 0 Å². The Morgan fingerprint density at radius 3 is 2.65 bits per heavy atom. The molecule has 2 heterocycles. The van der Waals surface area contributed by atoms with E-state index in [0.717, 1.165) is 0 Å². The number of carbonyl (C=O) groups excluding carboxylic acids is 4. The molecule has 3 N–H and O–H groups in total. The highest BCUT2D eigenvalue weighted by atomic mass is 32.2. The van der Waals surface area contributed by atoms with E-state index in [-0.39, 0.29) is 29.6 Å². The number of thioether (sulfide) groups is 1. The number of likely N-dealkylation sites (N-methyl/N-ethyl adjacent to an activating group) is 1. The molecule has 0 bridgehead atoms. The van der Waals surface area contributed by atoms with E-state index >= 15 is 0 Å². The number of rotatable bonds is 7. The van der Waals surface area contributed by atoms with Gasteiger partial charge in [0.05, 0.1) is 11.9 Å². The van der Waals surface area contributed by atoms with Crippen molar-refractivity contribution in [2.75, 3.05) is 19.3 Å². The summed E-state index contributed by atoms with van der Waals surface area (Å²) in [5.41, 5.74) is 0.213. The molecule has 4 unspecified atom stereocenters. The second kappa shape index (κ2) is 9.82. The summed E-state index contributed by atoms with van der Waals surface area (Å²) in [6, 6.07) is 6.83. The summed E-state index contributed by atoms with van der Waals surface area (Å²) in [7, 11) is 1.67. The minimum atomic E-state index is -0.788. The molecule has 2 fully saturated rings. The van der Waals surface area contributed by atoms with Gasteiger partial charge in [0.2, 0.25) is 17.7 Å². The number of amides is 3. The lowest BCUT2D eigenvalue weighted by Gasteiger charge is -2.34. The molecule has 0 spiro atoms. The predicted molar refractivity (Wildman–Crippen MR) is 119 cm³/mol. The smallest absolute Gasteiger partial charge is 0.246 e. The monoisotopic (exact) mass is 446 g/mol. The molecule has 3 rings (SSSR count). The van der Waals surface area contributed by atoms with Gasteiger partial charge in [0, 0.05) is 0 Å². The van der Waals surface area contributed by atoms with Gasteiger partial charge >= 0.3 is 0 Å². The molecule has 4 atom stereocenters. The number of carbonyl (C=O) groups is 4. The Kier molecular flexibility index (Phi) is 7.38. The van der Waals surface area contributed by atoms with Crippen LogP contribution in [0.4, 0.5) is 0 Å². The van der Waals surface area contributed by atoms with Gasteiger partial charge in [-0.1, -0.05) is 44.2 Å². The minimum absolute atomic E-state index is 0.119. The summed E-state index contributed by atoms with van der Waals surface area (Å²) in [5, 5.41) is 8.25.